The molecule has 4 rings (SSSR count). The molecule has 0 saturated heterocycles. The SMILES string of the molecule is CCn1cc(-c2cc(C(=O)Nc3c(C)noc3C)c3ccccc3n2)c(C)n1. The standard InChI is InChI=1S/C21H21N5O2/c1-5-26-11-17(12(2)24-26)19-10-16(15-8-6-7-9-18(15)22-19)21(27)23-20-13(3)25-28-14(20)4/h6-11H,5H2,1-4H3,(H,23,27). The van der Waals surface area contributed by atoms with E-state index in [1.54, 1.807) is 13.8 Å². The minimum Gasteiger partial charge on any atom is -0.359 e. The summed E-state index contributed by atoms with van der Waals surface area (Å²) in [7, 11) is 0. The Kier molecular flexibility index (Phi) is 4.43. The normalized spacial score (nSPS) is 11.1. The Morgan fingerprint density at radius 3 is 2.64 bits per heavy atom. The van der Waals surface area contributed by atoms with Gasteiger partial charge in [0.05, 0.1) is 22.5 Å². The molecule has 7 nitrogen and oxygen atoms in total. The van der Waals surface area contributed by atoms with Crippen molar-refractivity contribution in [1.82, 2.24) is 19.9 Å². The highest BCUT2D eigenvalue weighted by Gasteiger charge is 2.19. The smallest absolute Gasteiger partial charge is 0.256 e. The van der Waals surface area contributed by atoms with E-state index >= 15 is 0 Å². The summed E-state index contributed by atoms with van der Waals surface area (Å²) >= 11 is 0. The molecular weight excluding hydrogens is 354 g/mol. The molecule has 0 fully saturated rings. The number of carbonyl (C=O) groups is 1. The molecule has 3 aromatic heterocycles. The minimum absolute atomic E-state index is 0.227. The summed E-state index contributed by atoms with van der Waals surface area (Å²) in [6.07, 6.45) is 1.96. The summed E-state index contributed by atoms with van der Waals surface area (Å²) in [5.41, 5.74) is 5.06. The van der Waals surface area contributed by atoms with Gasteiger partial charge in [-0.2, -0.15) is 5.10 Å². The number of aryl methyl sites for hydroxylation is 4. The summed E-state index contributed by atoms with van der Waals surface area (Å²) in [6.45, 7) is 8.32. The molecule has 0 aliphatic heterocycles. The topological polar surface area (TPSA) is 85.8 Å². The highest BCUT2D eigenvalue weighted by molar-refractivity contribution is 6.13. The fourth-order valence-electron chi connectivity index (χ4n) is 3.27. The molecule has 0 unspecified atom stereocenters. The van der Waals surface area contributed by atoms with E-state index in [1.165, 1.54) is 0 Å². The predicted molar refractivity (Wildman–Crippen MR) is 107 cm³/mol. The Morgan fingerprint density at radius 1 is 1.18 bits per heavy atom. The number of benzene rings is 1. The van der Waals surface area contributed by atoms with Crippen molar-refractivity contribution < 1.29 is 9.32 Å². The van der Waals surface area contributed by atoms with Crippen LogP contribution in [0.25, 0.3) is 22.2 Å². The summed E-state index contributed by atoms with van der Waals surface area (Å²) < 4.78 is 7.02. The van der Waals surface area contributed by atoms with E-state index in [-0.39, 0.29) is 5.91 Å². The van der Waals surface area contributed by atoms with Crippen molar-refractivity contribution in [2.75, 3.05) is 5.32 Å². The van der Waals surface area contributed by atoms with Crippen LogP contribution in [0.2, 0.25) is 0 Å². The number of para-hydroxylation sites is 1. The number of aromatic nitrogens is 4. The third-order valence-corrected chi connectivity index (χ3v) is 4.78. The van der Waals surface area contributed by atoms with Gasteiger partial charge in [-0.05, 0) is 39.8 Å². The highest BCUT2D eigenvalue weighted by Crippen LogP contribution is 2.28. The Bertz CT molecular complexity index is 1170. The molecule has 28 heavy (non-hydrogen) atoms. The third kappa shape index (κ3) is 3.05. The summed E-state index contributed by atoms with van der Waals surface area (Å²) in [4.78, 5) is 17.9. The van der Waals surface area contributed by atoms with E-state index in [4.69, 9.17) is 9.51 Å². The molecule has 142 valence electrons. The van der Waals surface area contributed by atoms with Gasteiger partial charge in [-0.25, -0.2) is 4.98 Å². The van der Waals surface area contributed by atoms with Gasteiger partial charge in [-0.3, -0.25) is 9.48 Å². The maximum atomic E-state index is 13.1. The molecule has 3 heterocycles. The van der Waals surface area contributed by atoms with Gasteiger partial charge in [-0.15, -0.1) is 0 Å². The maximum Gasteiger partial charge on any atom is 0.256 e. The summed E-state index contributed by atoms with van der Waals surface area (Å²) in [5, 5.41) is 12.1. The van der Waals surface area contributed by atoms with E-state index in [1.807, 2.05) is 55.1 Å². The van der Waals surface area contributed by atoms with Crippen molar-refractivity contribution in [2.45, 2.75) is 34.2 Å². The Balaban J connectivity index is 1.85. The number of amides is 1. The van der Waals surface area contributed by atoms with E-state index in [2.05, 4.69) is 15.6 Å². The minimum atomic E-state index is -0.227. The number of carbonyl (C=O) groups excluding carboxylic acids is 1. The third-order valence-electron chi connectivity index (χ3n) is 4.78. The van der Waals surface area contributed by atoms with Crippen molar-refractivity contribution in [2.24, 2.45) is 0 Å². The first-order valence-electron chi connectivity index (χ1n) is 9.16. The van der Waals surface area contributed by atoms with Crippen LogP contribution in [0.4, 0.5) is 5.69 Å². The molecule has 0 saturated carbocycles. The molecule has 0 radical (unpaired) electrons. The van der Waals surface area contributed by atoms with Gasteiger partial charge in [0.25, 0.3) is 5.91 Å². The Labute approximate surface area is 162 Å². The van der Waals surface area contributed by atoms with E-state index in [0.717, 1.165) is 34.4 Å². The van der Waals surface area contributed by atoms with Gasteiger partial charge >= 0.3 is 0 Å². The van der Waals surface area contributed by atoms with E-state index in [9.17, 15) is 4.79 Å². The van der Waals surface area contributed by atoms with Gasteiger partial charge in [0, 0.05) is 23.7 Å². The summed E-state index contributed by atoms with van der Waals surface area (Å²) in [6, 6.07) is 9.44. The van der Waals surface area contributed by atoms with Gasteiger partial charge in [0.2, 0.25) is 0 Å². The van der Waals surface area contributed by atoms with Crippen LogP contribution in [-0.4, -0.2) is 25.8 Å². The molecule has 1 amide bonds. The molecule has 1 N–H and O–H groups in total. The average Bonchev–Trinajstić information content (AvgIpc) is 3.23. The molecule has 7 heteroatoms. The van der Waals surface area contributed by atoms with Gasteiger partial charge < -0.3 is 9.84 Å². The lowest BCUT2D eigenvalue weighted by molar-refractivity contribution is 0.102. The van der Waals surface area contributed by atoms with Crippen molar-refractivity contribution in [3.63, 3.8) is 0 Å². The Hall–Kier alpha value is -3.48. The second kappa shape index (κ2) is 6.92. The van der Waals surface area contributed by atoms with Crippen LogP contribution < -0.4 is 5.32 Å². The lowest BCUT2D eigenvalue weighted by atomic mass is 10.0. The number of anilines is 1. The number of hydrogen-bond donors (Lipinski definition) is 1. The number of rotatable bonds is 4. The fourth-order valence-corrected chi connectivity index (χ4v) is 3.27. The molecule has 0 atom stereocenters. The quantitative estimate of drug-likeness (QED) is 0.575. The maximum absolute atomic E-state index is 13.1. The second-order valence-electron chi connectivity index (χ2n) is 6.71. The first kappa shape index (κ1) is 17.9. The molecule has 1 aromatic carbocycles. The largest absolute Gasteiger partial charge is 0.359 e. The van der Waals surface area contributed by atoms with Crippen molar-refractivity contribution in [3.05, 3.63) is 59.2 Å². The van der Waals surface area contributed by atoms with Gasteiger partial charge in [0.15, 0.2) is 5.76 Å². The summed E-state index contributed by atoms with van der Waals surface area (Å²) in [5.74, 6) is 0.347. The molecular formula is C21H21N5O2. The Morgan fingerprint density at radius 2 is 1.96 bits per heavy atom. The monoisotopic (exact) mass is 375 g/mol. The van der Waals surface area contributed by atoms with E-state index < -0.39 is 0 Å². The van der Waals surface area contributed by atoms with Gasteiger partial charge in [0.1, 0.15) is 11.4 Å². The first-order chi connectivity index (χ1) is 13.5. The number of pyridine rings is 1. The molecule has 0 spiro atoms. The van der Waals surface area contributed by atoms with Crippen LogP contribution in [0.1, 0.15) is 34.4 Å². The number of nitrogens with zero attached hydrogens (tertiary/aromatic N) is 4. The second-order valence-corrected chi connectivity index (χ2v) is 6.71. The van der Waals surface area contributed by atoms with Crippen LogP contribution >= 0.6 is 0 Å². The number of fused-ring (bicyclic) bond motifs is 1. The van der Waals surface area contributed by atoms with E-state index in [0.29, 0.717) is 22.7 Å². The lowest BCUT2D eigenvalue weighted by Gasteiger charge is -2.10. The van der Waals surface area contributed by atoms with Crippen LogP contribution in [0, 0.1) is 20.8 Å². The van der Waals surface area contributed by atoms with Crippen molar-refractivity contribution >= 4 is 22.5 Å². The zero-order valence-electron chi connectivity index (χ0n) is 16.3. The highest BCUT2D eigenvalue weighted by atomic mass is 16.5. The van der Waals surface area contributed by atoms with Crippen molar-refractivity contribution in [3.8, 4) is 11.3 Å². The van der Waals surface area contributed by atoms with Crippen LogP contribution in [0.5, 0.6) is 0 Å². The molecule has 0 aliphatic rings. The zero-order valence-corrected chi connectivity index (χ0v) is 16.3. The molecule has 4 aromatic rings. The molecule has 0 bridgehead atoms. The first-order valence-corrected chi connectivity index (χ1v) is 9.16. The van der Waals surface area contributed by atoms with Crippen LogP contribution in [-0.2, 0) is 6.54 Å². The van der Waals surface area contributed by atoms with Gasteiger partial charge in [-0.1, -0.05) is 23.4 Å². The fraction of sp³-hybridized carbons (Fsp3) is 0.238. The number of nitrogens with one attached hydrogen (secondary N) is 1. The lowest BCUT2D eigenvalue weighted by Crippen LogP contribution is -2.14. The zero-order chi connectivity index (χ0) is 19.8. The molecule has 0 aliphatic carbocycles. The number of hydrogen-bond acceptors (Lipinski definition) is 5. The predicted octanol–water partition coefficient (Wildman–Crippen LogP) is 4.28. The van der Waals surface area contributed by atoms with Crippen molar-refractivity contribution in [1.29, 1.82) is 0 Å². The average molecular weight is 375 g/mol. The van der Waals surface area contributed by atoms with Crippen LogP contribution in [0.3, 0.4) is 0 Å². The van der Waals surface area contributed by atoms with Crippen LogP contribution in [0.15, 0.2) is 41.1 Å².